The fourth-order valence-electron chi connectivity index (χ4n) is 2.63. The van der Waals surface area contributed by atoms with Crippen molar-refractivity contribution >= 4 is 27.6 Å². The van der Waals surface area contributed by atoms with Crippen LogP contribution in [0, 0.1) is 0 Å². The van der Waals surface area contributed by atoms with Crippen LogP contribution < -0.4 is 10.1 Å². The Morgan fingerprint density at radius 3 is 2.54 bits per heavy atom. The fourth-order valence-corrected chi connectivity index (χ4v) is 3.24. The topological polar surface area (TPSA) is 41.6 Å². The van der Waals surface area contributed by atoms with E-state index in [4.69, 9.17) is 4.74 Å². The standard InChI is InChI=1S/C19H23BrN2O2/c1-4-13-22(14(2)15-9-5-6-10-16(15)20)19(23)21-17-11-7-8-12-18(17)24-3/h5-12,14H,4,13H2,1-3H3,(H,21,23)/t14-/m0/s1. The van der Waals surface area contributed by atoms with Crippen LogP contribution in [0.3, 0.4) is 0 Å². The Morgan fingerprint density at radius 1 is 1.21 bits per heavy atom. The lowest BCUT2D eigenvalue weighted by molar-refractivity contribution is 0.192. The number of rotatable bonds is 6. The molecular formula is C19H23BrN2O2. The maximum Gasteiger partial charge on any atom is 0.322 e. The van der Waals surface area contributed by atoms with Gasteiger partial charge in [-0.2, -0.15) is 0 Å². The van der Waals surface area contributed by atoms with Gasteiger partial charge in [0, 0.05) is 11.0 Å². The van der Waals surface area contributed by atoms with Gasteiger partial charge in [0.15, 0.2) is 0 Å². The quantitative estimate of drug-likeness (QED) is 0.710. The number of amides is 2. The van der Waals surface area contributed by atoms with Gasteiger partial charge in [-0.25, -0.2) is 4.79 Å². The van der Waals surface area contributed by atoms with Crippen molar-refractivity contribution in [2.45, 2.75) is 26.3 Å². The number of methoxy groups -OCH3 is 1. The molecule has 0 bridgehead atoms. The summed E-state index contributed by atoms with van der Waals surface area (Å²) >= 11 is 3.58. The molecule has 0 fully saturated rings. The summed E-state index contributed by atoms with van der Waals surface area (Å²) in [4.78, 5) is 14.7. The Balaban J connectivity index is 2.23. The van der Waals surface area contributed by atoms with Crippen LogP contribution in [0.15, 0.2) is 53.0 Å². The normalized spacial score (nSPS) is 11.7. The Labute approximate surface area is 151 Å². The van der Waals surface area contributed by atoms with Crippen LogP contribution in [-0.2, 0) is 0 Å². The molecule has 128 valence electrons. The van der Waals surface area contributed by atoms with E-state index in [9.17, 15) is 4.79 Å². The highest BCUT2D eigenvalue weighted by Gasteiger charge is 2.23. The largest absolute Gasteiger partial charge is 0.495 e. The van der Waals surface area contributed by atoms with Crippen LogP contribution in [0.4, 0.5) is 10.5 Å². The summed E-state index contributed by atoms with van der Waals surface area (Å²) in [5.41, 5.74) is 1.76. The molecule has 0 spiro atoms. The second-order valence-corrected chi connectivity index (χ2v) is 6.38. The van der Waals surface area contributed by atoms with Gasteiger partial charge in [-0.3, -0.25) is 0 Å². The number of hydrogen-bond acceptors (Lipinski definition) is 2. The molecule has 0 aromatic heterocycles. The predicted octanol–water partition coefficient (Wildman–Crippen LogP) is 5.46. The van der Waals surface area contributed by atoms with Gasteiger partial charge < -0.3 is 15.0 Å². The van der Waals surface area contributed by atoms with Crippen LogP contribution in [0.25, 0.3) is 0 Å². The Bertz CT molecular complexity index is 691. The SMILES string of the molecule is CCCN(C(=O)Nc1ccccc1OC)[C@@H](C)c1ccccc1Br. The first-order valence-corrected chi connectivity index (χ1v) is 8.82. The van der Waals surface area contributed by atoms with Crippen molar-refractivity contribution in [3.05, 3.63) is 58.6 Å². The molecule has 2 aromatic rings. The third-order valence-electron chi connectivity index (χ3n) is 3.90. The molecular weight excluding hydrogens is 368 g/mol. The van der Waals surface area contributed by atoms with Gasteiger partial charge in [0.2, 0.25) is 0 Å². The van der Waals surface area contributed by atoms with Crippen molar-refractivity contribution in [1.29, 1.82) is 0 Å². The number of nitrogens with zero attached hydrogens (tertiary/aromatic N) is 1. The molecule has 0 heterocycles. The molecule has 0 radical (unpaired) electrons. The highest BCUT2D eigenvalue weighted by atomic mass is 79.9. The minimum absolute atomic E-state index is 0.0461. The first kappa shape index (κ1) is 18.3. The number of halogens is 1. The number of carbonyl (C=O) groups excluding carboxylic acids is 1. The molecule has 1 atom stereocenters. The van der Waals surface area contributed by atoms with E-state index >= 15 is 0 Å². The van der Waals surface area contributed by atoms with Gasteiger partial charge in [-0.05, 0) is 37.1 Å². The van der Waals surface area contributed by atoms with Crippen molar-refractivity contribution in [3.8, 4) is 5.75 Å². The number of urea groups is 1. The minimum atomic E-state index is -0.135. The van der Waals surface area contributed by atoms with Crippen LogP contribution in [0.5, 0.6) is 5.75 Å². The molecule has 5 heteroatoms. The van der Waals surface area contributed by atoms with E-state index in [-0.39, 0.29) is 12.1 Å². The second kappa shape index (κ2) is 8.73. The van der Waals surface area contributed by atoms with Gasteiger partial charge in [0.1, 0.15) is 5.75 Å². The lowest BCUT2D eigenvalue weighted by Crippen LogP contribution is -2.37. The first-order valence-electron chi connectivity index (χ1n) is 8.03. The number of carbonyl (C=O) groups is 1. The van der Waals surface area contributed by atoms with E-state index in [1.165, 1.54) is 0 Å². The molecule has 4 nitrogen and oxygen atoms in total. The lowest BCUT2D eigenvalue weighted by atomic mass is 10.1. The zero-order chi connectivity index (χ0) is 17.5. The van der Waals surface area contributed by atoms with Gasteiger partial charge in [0.25, 0.3) is 0 Å². The van der Waals surface area contributed by atoms with Gasteiger partial charge >= 0.3 is 6.03 Å². The van der Waals surface area contributed by atoms with Crippen molar-refractivity contribution in [2.75, 3.05) is 19.0 Å². The van der Waals surface area contributed by atoms with Crippen molar-refractivity contribution in [2.24, 2.45) is 0 Å². The van der Waals surface area contributed by atoms with Gasteiger partial charge in [0.05, 0.1) is 18.8 Å². The summed E-state index contributed by atoms with van der Waals surface area (Å²) < 4.78 is 6.31. The predicted molar refractivity (Wildman–Crippen MR) is 102 cm³/mol. The van der Waals surface area contributed by atoms with E-state index in [1.807, 2.05) is 60.4 Å². The van der Waals surface area contributed by atoms with E-state index in [1.54, 1.807) is 7.11 Å². The molecule has 0 aliphatic rings. The van der Waals surface area contributed by atoms with Crippen LogP contribution in [0.2, 0.25) is 0 Å². The monoisotopic (exact) mass is 390 g/mol. The summed E-state index contributed by atoms with van der Waals surface area (Å²) in [6.07, 6.45) is 0.883. The van der Waals surface area contributed by atoms with Crippen molar-refractivity contribution in [3.63, 3.8) is 0 Å². The molecule has 0 saturated carbocycles. The highest BCUT2D eigenvalue weighted by Crippen LogP contribution is 2.29. The third kappa shape index (κ3) is 4.29. The van der Waals surface area contributed by atoms with Crippen LogP contribution in [-0.4, -0.2) is 24.6 Å². The van der Waals surface area contributed by atoms with Gasteiger partial charge in [-0.15, -0.1) is 0 Å². The third-order valence-corrected chi connectivity index (χ3v) is 4.62. The number of anilines is 1. The summed E-state index contributed by atoms with van der Waals surface area (Å²) in [7, 11) is 1.60. The minimum Gasteiger partial charge on any atom is -0.495 e. The average molecular weight is 391 g/mol. The molecule has 0 aliphatic heterocycles. The number of para-hydroxylation sites is 2. The Kier molecular flexibility index (Phi) is 6.67. The van der Waals surface area contributed by atoms with E-state index in [2.05, 4.69) is 28.2 Å². The molecule has 1 N–H and O–H groups in total. The Morgan fingerprint density at radius 2 is 1.88 bits per heavy atom. The number of hydrogen-bond donors (Lipinski definition) is 1. The summed E-state index contributed by atoms with van der Waals surface area (Å²) in [5, 5.41) is 2.96. The smallest absolute Gasteiger partial charge is 0.322 e. The summed E-state index contributed by atoms with van der Waals surface area (Å²) in [5.74, 6) is 0.649. The number of benzene rings is 2. The summed E-state index contributed by atoms with van der Waals surface area (Å²) in [6.45, 7) is 4.77. The van der Waals surface area contributed by atoms with E-state index in [0.717, 1.165) is 16.5 Å². The molecule has 0 saturated heterocycles. The molecule has 2 amide bonds. The molecule has 0 aliphatic carbocycles. The highest BCUT2D eigenvalue weighted by molar-refractivity contribution is 9.10. The molecule has 0 unspecified atom stereocenters. The number of ether oxygens (including phenoxy) is 1. The maximum atomic E-state index is 12.8. The van der Waals surface area contributed by atoms with Crippen molar-refractivity contribution < 1.29 is 9.53 Å². The van der Waals surface area contributed by atoms with E-state index < -0.39 is 0 Å². The maximum absolute atomic E-state index is 12.8. The molecule has 24 heavy (non-hydrogen) atoms. The fraction of sp³-hybridized carbons (Fsp3) is 0.316. The summed E-state index contributed by atoms with van der Waals surface area (Å²) in [6, 6.07) is 15.2. The van der Waals surface area contributed by atoms with Gasteiger partial charge in [-0.1, -0.05) is 53.2 Å². The van der Waals surface area contributed by atoms with Crippen molar-refractivity contribution in [1.82, 2.24) is 4.90 Å². The zero-order valence-corrected chi connectivity index (χ0v) is 15.8. The first-order chi connectivity index (χ1) is 11.6. The number of nitrogens with one attached hydrogen (secondary N) is 1. The average Bonchev–Trinajstić information content (AvgIpc) is 2.60. The lowest BCUT2D eigenvalue weighted by Gasteiger charge is -2.30. The Hall–Kier alpha value is -2.01. The zero-order valence-electron chi connectivity index (χ0n) is 14.3. The molecule has 2 rings (SSSR count). The van der Waals surface area contributed by atoms with Crippen LogP contribution in [0.1, 0.15) is 31.9 Å². The van der Waals surface area contributed by atoms with E-state index in [0.29, 0.717) is 18.0 Å². The second-order valence-electron chi connectivity index (χ2n) is 5.52. The van der Waals surface area contributed by atoms with Crippen LogP contribution >= 0.6 is 15.9 Å². The molecule has 2 aromatic carbocycles.